The number of hydrogen-bond acceptors (Lipinski definition) is 3. The molecule has 0 bridgehead atoms. The van der Waals surface area contributed by atoms with Crippen LogP contribution in [-0.4, -0.2) is 12.5 Å². The second kappa shape index (κ2) is 8.71. The Morgan fingerprint density at radius 2 is 1.82 bits per heavy atom. The normalized spacial score (nSPS) is 10.7. The van der Waals surface area contributed by atoms with Crippen molar-refractivity contribution in [2.24, 2.45) is 5.73 Å². The minimum Gasteiger partial charge on any atom is -0.489 e. The van der Waals surface area contributed by atoms with Crippen LogP contribution in [0.3, 0.4) is 0 Å². The van der Waals surface area contributed by atoms with Crippen molar-refractivity contribution in [3.63, 3.8) is 0 Å². The molecule has 28 heavy (non-hydrogen) atoms. The van der Waals surface area contributed by atoms with Crippen LogP contribution in [-0.2, 0) is 6.61 Å². The van der Waals surface area contributed by atoms with Gasteiger partial charge in [0.25, 0.3) is 0 Å². The highest BCUT2D eigenvalue weighted by Gasteiger charge is 2.13. The first-order chi connectivity index (χ1) is 13.4. The summed E-state index contributed by atoms with van der Waals surface area (Å²) in [5.74, 6) is -0.0487. The van der Waals surface area contributed by atoms with Gasteiger partial charge in [-0.3, -0.25) is 4.79 Å². The van der Waals surface area contributed by atoms with Crippen molar-refractivity contribution in [1.29, 1.82) is 0 Å². The third-order valence-corrected chi connectivity index (χ3v) is 4.15. The van der Waals surface area contributed by atoms with E-state index >= 15 is 0 Å². The van der Waals surface area contributed by atoms with Gasteiger partial charge in [-0.25, -0.2) is 0 Å². The smallest absolute Gasteiger partial charge is 0.387 e. The van der Waals surface area contributed by atoms with E-state index < -0.39 is 12.5 Å². The van der Waals surface area contributed by atoms with Gasteiger partial charge in [0.1, 0.15) is 18.1 Å². The molecule has 0 saturated carbocycles. The van der Waals surface area contributed by atoms with Gasteiger partial charge in [0.2, 0.25) is 5.91 Å². The van der Waals surface area contributed by atoms with Crippen LogP contribution >= 0.6 is 11.6 Å². The summed E-state index contributed by atoms with van der Waals surface area (Å²) in [6.45, 7) is -2.79. The minimum atomic E-state index is -2.95. The molecule has 0 radical (unpaired) electrons. The molecule has 7 heteroatoms. The molecule has 0 aromatic heterocycles. The zero-order valence-electron chi connectivity index (χ0n) is 14.6. The molecule has 3 aromatic rings. The Bertz CT molecular complexity index is 995. The topological polar surface area (TPSA) is 61.6 Å². The summed E-state index contributed by atoms with van der Waals surface area (Å²) >= 11 is 6.02. The van der Waals surface area contributed by atoms with Crippen LogP contribution in [0.1, 0.15) is 15.9 Å². The second-order valence-corrected chi connectivity index (χ2v) is 6.34. The fourth-order valence-corrected chi connectivity index (χ4v) is 2.84. The molecule has 1 amide bonds. The molecule has 0 fully saturated rings. The van der Waals surface area contributed by atoms with Gasteiger partial charge < -0.3 is 15.2 Å². The number of hydrogen-bond donors (Lipinski definition) is 1. The van der Waals surface area contributed by atoms with Gasteiger partial charge in [-0.05, 0) is 53.6 Å². The zero-order valence-corrected chi connectivity index (χ0v) is 15.3. The maximum atomic E-state index is 12.8. The molecule has 4 nitrogen and oxygen atoms in total. The van der Waals surface area contributed by atoms with Gasteiger partial charge in [-0.15, -0.1) is 0 Å². The Labute approximate surface area is 165 Å². The summed E-state index contributed by atoms with van der Waals surface area (Å²) < 4.78 is 35.8. The van der Waals surface area contributed by atoms with Gasteiger partial charge in [-0.2, -0.15) is 8.78 Å². The Morgan fingerprint density at radius 1 is 1.04 bits per heavy atom. The van der Waals surface area contributed by atoms with E-state index in [1.165, 1.54) is 12.1 Å². The number of alkyl halides is 2. The highest BCUT2D eigenvalue weighted by molar-refractivity contribution is 6.30. The first-order valence-corrected chi connectivity index (χ1v) is 8.66. The number of nitrogens with two attached hydrogens (primary N) is 1. The fourth-order valence-electron chi connectivity index (χ4n) is 2.65. The maximum Gasteiger partial charge on any atom is 0.387 e. The summed E-state index contributed by atoms with van der Waals surface area (Å²) in [6.07, 6.45) is 0. The first kappa shape index (κ1) is 19.6. The van der Waals surface area contributed by atoms with Crippen molar-refractivity contribution in [2.75, 3.05) is 0 Å². The third kappa shape index (κ3) is 4.98. The van der Waals surface area contributed by atoms with Crippen molar-refractivity contribution < 1.29 is 23.0 Å². The average molecular weight is 404 g/mol. The molecule has 0 aliphatic carbocycles. The third-order valence-electron chi connectivity index (χ3n) is 3.92. The average Bonchev–Trinajstić information content (AvgIpc) is 2.67. The number of carbonyl (C=O) groups is 1. The van der Waals surface area contributed by atoms with Gasteiger partial charge >= 0.3 is 6.61 Å². The number of carbonyl (C=O) groups excluding carboxylic acids is 1. The quantitative estimate of drug-likeness (QED) is 0.583. The monoisotopic (exact) mass is 403 g/mol. The summed E-state index contributed by atoms with van der Waals surface area (Å²) in [7, 11) is 0. The van der Waals surface area contributed by atoms with E-state index in [1.807, 2.05) is 0 Å². The lowest BCUT2D eigenvalue weighted by Crippen LogP contribution is -2.10. The lowest BCUT2D eigenvalue weighted by Gasteiger charge is -2.14. The van der Waals surface area contributed by atoms with Crippen molar-refractivity contribution in [3.05, 3.63) is 82.9 Å². The molecule has 3 aromatic carbocycles. The molecule has 0 spiro atoms. The summed E-state index contributed by atoms with van der Waals surface area (Å²) in [4.78, 5) is 11.3. The molecular weight excluding hydrogens is 388 g/mol. The van der Waals surface area contributed by atoms with Crippen LogP contribution < -0.4 is 15.2 Å². The van der Waals surface area contributed by atoms with Crippen LogP contribution in [0.15, 0.2) is 66.7 Å². The molecule has 2 N–H and O–H groups in total. The van der Waals surface area contributed by atoms with Crippen molar-refractivity contribution in [2.45, 2.75) is 13.2 Å². The number of primary amides is 1. The Balaban J connectivity index is 1.87. The van der Waals surface area contributed by atoms with E-state index in [9.17, 15) is 13.6 Å². The van der Waals surface area contributed by atoms with Gasteiger partial charge in [0.15, 0.2) is 0 Å². The van der Waals surface area contributed by atoms with Crippen molar-refractivity contribution in [3.8, 4) is 22.6 Å². The van der Waals surface area contributed by atoms with Gasteiger partial charge in [0, 0.05) is 16.1 Å². The largest absolute Gasteiger partial charge is 0.489 e. The molecule has 3 rings (SSSR count). The van der Waals surface area contributed by atoms with Gasteiger partial charge in [0.05, 0.1) is 0 Å². The lowest BCUT2D eigenvalue weighted by atomic mass is 10.0. The van der Waals surface area contributed by atoms with E-state index in [0.29, 0.717) is 27.5 Å². The Kier molecular flexibility index (Phi) is 6.11. The van der Waals surface area contributed by atoms with Crippen molar-refractivity contribution in [1.82, 2.24) is 0 Å². The molecule has 0 aliphatic heterocycles. The maximum absolute atomic E-state index is 12.8. The summed E-state index contributed by atoms with van der Waals surface area (Å²) in [5, 5.41) is 0.477. The van der Waals surface area contributed by atoms with Crippen LogP contribution in [0.5, 0.6) is 11.5 Å². The molecular formula is C21H16ClF2NO3. The second-order valence-electron chi connectivity index (χ2n) is 5.90. The van der Waals surface area contributed by atoms with E-state index in [-0.39, 0.29) is 12.4 Å². The molecule has 0 aliphatic rings. The number of benzene rings is 3. The number of amides is 1. The van der Waals surface area contributed by atoms with E-state index in [0.717, 1.165) is 5.56 Å². The first-order valence-electron chi connectivity index (χ1n) is 8.29. The number of rotatable bonds is 7. The van der Waals surface area contributed by atoms with Crippen molar-refractivity contribution >= 4 is 17.5 Å². The van der Waals surface area contributed by atoms with Gasteiger partial charge in [-0.1, -0.05) is 35.9 Å². The predicted octanol–water partition coefficient (Wildman–Crippen LogP) is 5.29. The highest BCUT2D eigenvalue weighted by Crippen LogP contribution is 2.33. The zero-order chi connectivity index (χ0) is 20.1. The summed E-state index contributed by atoms with van der Waals surface area (Å²) in [5.41, 5.74) is 7.42. The number of ether oxygens (including phenoxy) is 2. The predicted molar refractivity (Wildman–Crippen MR) is 103 cm³/mol. The highest BCUT2D eigenvalue weighted by atomic mass is 35.5. The molecule has 0 saturated heterocycles. The van der Waals surface area contributed by atoms with Crippen LogP contribution in [0.25, 0.3) is 11.1 Å². The molecule has 144 valence electrons. The number of halogens is 3. The standard InChI is InChI=1S/C21H16ClF2NO3/c22-16-5-1-3-14(10-16)18-9-13(7-8-19(18)28-21(23)24)12-27-17-6-2-4-15(11-17)20(25)26/h1-11,21H,12H2,(H2,25,26). The molecule has 0 unspecified atom stereocenters. The lowest BCUT2D eigenvalue weighted by molar-refractivity contribution is -0.0494. The minimum absolute atomic E-state index is 0.0387. The molecule has 0 heterocycles. The van der Waals surface area contributed by atoms with E-state index in [4.69, 9.17) is 22.1 Å². The van der Waals surface area contributed by atoms with Crippen LogP contribution in [0.4, 0.5) is 8.78 Å². The molecule has 0 atom stereocenters. The fraction of sp³-hybridized carbons (Fsp3) is 0.0952. The van der Waals surface area contributed by atoms with E-state index in [1.54, 1.807) is 54.6 Å². The Morgan fingerprint density at radius 3 is 2.54 bits per heavy atom. The van der Waals surface area contributed by atoms with Crippen LogP contribution in [0.2, 0.25) is 5.02 Å². The van der Waals surface area contributed by atoms with E-state index in [2.05, 4.69) is 4.74 Å². The summed E-state index contributed by atoms with van der Waals surface area (Å²) in [6, 6.07) is 18.1. The SMILES string of the molecule is NC(=O)c1cccc(OCc2ccc(OC(F)F)c(-c3cccc(Cl)c3)c2)c1. The Hall–Kier alpha value is -3.12. The van der Waals surface area contributed by atoms with Crippen LogP contribution in [0, 0.1) is 0 Å².